The molecule has 2 aromatic rings. The summed E-state index contributed by atoms with van der Waals surface area (Å²) in [6.07, 6.45) is 3.36. The van der Waals surface area contributed by atoms with Crippen molar-refractivity contribution >= 4 is 5.91 Å². The van der Waals surface area contributed by atoms with Gasteiger partial charge < -0.3 is 19.1 Å². The number of amides is 1. The molecule has 5 heteroatoms. The summed E-state index contributed by atoms with van der Waals surface area (Å²) in [7, 11) is 1.63. The zero-order valence-electron chi connectivity index (χ0n) is 16.1. The van der Waals surface area contributed by atoms with Crippen molar-refractivity contribution in [2.24, 2.45) is 0 Å². The minimum Gasteiger partial charge on any atom is -0.497 e. The highest BCUT2D eigenvalue weighted by atomic mass is 16.5. The summed E-state index contributed by atoms with van der Waals surface area (Å²) in [5, 5.41) is 0. The molecule has 0 aromatic heterocycles. The van der Waals surface area contributed by atoms with E-state index in [2.05, 4.69) is 0 Å². The van der Waals surface area contributed by atoms with E-state index in [4.69, 9.17) is 14.2 Å². The Labute approximate surface area is 160 Å². The lowest BCUT2D eigenvalue weighted by Crippen LogP contribution is -2.35. The van der Waals surface area contributed by atoms with Gasteiger partial charge in [-0.1, -0.05) is 0 Å². The van der Waals surface area contributed by atoms with Crippen molar-refractivity contribution in [3.8, 4) is 17.2 Å². The van der Waals surface area contributed by atoms with Crippen LogP contribution in [0.15, 0.2) is 42.5 Å². The van der Waals surface area contributed by atoms with E-state index in [-0.39, 0.29) is 5.91 Å². The molecule has 27 heavy (non-hydrogen) atoms. The molecule has 2 aromatic carbocycles. The van der Waals surface area contributed by atoms with Gasteiger partial charge in [0.2, 0.25) is 0 Å². The number of rotatable bonds is 7. The number of nitrogens with zero attached hydrogens (tertiary/aromatic N) is 1. The van der Waals surface area contributed by atoms with Crippen LogP contribution in [0.1, 0.15) is 42.1 Å². The highest BCUT2D eigenvalue weighted by Gasteiger charge is 2.19. The van der Waals surface area contributed by atoms with Crippen LogP contribution >= 0.6 is 0 Å². The van der Waals surface area contributed by atoms with Crippen LogP contribution < -0.4 is 14.2 Å². The summed E-state index contributed by atoms with van der Waals surface area (Å²) in [5.74, 6) is 2.36. The Morgan fingerprint density at radius 1 is 0.963 bits per heavy atom. The lowest BCUT2D eigenvalue weighted by atomic mass is 10.1. The third-order valence-corrected chi connectivity index (χ3v) is 4.70. The highest BCUT2D eigenvalue weighted by molar-refractivity contribution is 5.94. The second-order valence-corrected chi connectivity index (χ2v) is 6.57. The number of methoxy groups -OCH3 is 1. The predicted molar refractivity (Wildman–Crippen MR) is 105 cm³/mol. The molecule has 1 aliphatic heterocycles. The van der Waals surface area contributed by atoms with E-state index in [1.807, 2.05) is 54.3 Å². The predicted octanol–water partition coefficient (Wildman–Crippen LogP) is 4.30. The minimum atomic E-state index is 0.0865. The summed E-state index contributed by atoms with van der Waals surface area (Å²) < 4.78 is 16.8. The standard InChI is InChI=1S/C22H27NO4/c1-3-26-21-12-7-17(22(24)23-13-5-4-6-14-23)15-18(21)16-27-20-10-8-19(25-2)9-11-20/h7-12,15H,3-6,13-14,16H2,1-2H3. The molecule has 3 rings (SSSR count). The molecule has 1 amide bonds. The average molecular weight is 369 g/mol. The first-order chi connectivity index (χ1) is 13.2. The number of hydrogen-bond acceptors (Lipinski definition) is 4. The molecule has 1 aliphatic rings. The van der Waals surface area contributed by atoms with Crippen LogP contribution in [0.5, 0.6) is 17.2 Å². The first-order valence-electron chi connectivity index (χ1n) is 9.53. The lowest BCUT2D eigenvalue weighted by molar-refractivity contribution is 0.0724. The fourth-order valence-corrected chi connectivity index (χ4v) is 3.23. The minimum absolute atomic E-state index is 0.0865. The van der Waals surface area contributed by atoms with E-state index in [9.17, 15) is 4.79 Å². The molecular formula is C22H27NO4. The Bertz CT molecular complexity index is 751. The number of hydrogen-bond donors (Lipinski definition) is 0. The van der Waals surface area contributed by atoms with Gasteiger partial charge in [-0.05, 0) is 68.7 Å². The van der Waals surface area contributed by atoms with Gasteiger partial charge in [0.25, 0.3) is 5.91 Å². The monoisotopic (exact) mass is 369 g/mol. The van der Waals surface area contributed by atoms with Crippen molar-refractivity contribution in [2.75, 3.05) is 26.8 Å². The maximum absolute atomic E-state index is 12.8. The van der Waals surface area contributed by atoms with Crippen molar-refractivity contribution in [1.82, 2.24) is 4.90 Å². The number of benzene rings is 2. The quantitative estimate of drug-likeness (QED) is 0.730. The van der Waals surface area contributed by atoms with Crippen LogP contribution in [0.25, 0.3) is 0 Å². The summed E-state index contributed by atoms with van der Waals surface area (Å²) in [6, 6.07) is 13.0. The topological polar surface area (TPSA) is 48.0 Å². The normalized spacial score (nSPS) is 13.9. The largest absolute Gasteiger partial charge is 0.497 e. The van der Waals surface area contributed by atoms with Gasteiger partial charge in [0.05, 0.1) is 13.7 Å². The summed E-state index contributed by atoms with van der Waals surface area (Å²) in [5.41, 5.74) is 1.56. The smallest absolute Gasteiger partial charge is 0.253 e. The number of carbonyl (C=O) groups is 1. The molecule has 1 heterocycles. The molecule has 0 spiro atoms. The Morgan fingerprint density at radius 3 is 2.33 bits per heavy atom. The van der Waals surface area contributed by atoms with Crippen molar-refractivity contribution < 1.29 is 19.0 Å². The van der Waals surface area contributed by atoms with Crippen LogP contribution in [0.3, 0.4) is 0 Å². The van der Waals surface area contributed by atoms with Crippen molar-refractivity contribution in [3.05, 3.63) is 53.6 Å². The van der Waals surface area contributed by atoms with Gasteiger partial charge in [0.1, 0.15) is 23.9 Å². The van der Waals surface area contributed by atoms with E-state index in [1.54, 1.807) is 7.11 Å². The fourth-order valence-electron chi connectivity index (χ4n) is 3.23. The molecular weight excluding hydrogens is 342 g/mol. The number of ether oxygens (including phenoxy) is 3. The lowest BCUT2D eigenvalue weighted by Gasteiger charge is -2.27. The van der Waals surface area contributed by atoms with Gasteiger partial charge in [-0.3, -0.25) is 4.79 Å². The van der Waals surface area contributed by atoms with Gasteiger partial charge in [-0.15, -0.1) is 0 Å². The maximum Gasteiger partial charge on any atom is 0.253 e. The molecule has 0 saturated carbocycles. The average Bonchev–Trinajstić information content (AvgIpc) is 2.73. The van der Waals surface area contributed by atoms with Crippen LogP contribution in [-0.4, -0.2) is 37.6 Å². The molecule has 0 unspecified atom stereocenters. The van der Waals surface area contributed by atoms with Crippen molar-refractivity contribution in [3.63, 3.8) is 0 Å². The Kier molecular flexibility index (Phi) is 6.58. The van der Waals surface area contributed by atoms with E-state index < -0.39 is 0 Å². The number of likely N-dealkylation sites (tertiary alicyclic amines) is 1. The maximum atomic E-state index is 12.8. The van der Waals surface area contributed by atoms with Gasteiger partial charge in [0.15, 0.2) is 0 Å². The van der Waals surface area contributed by atoms with Crippen molar-refractivity contribution in [2.45, 2.75) is 32.8 Å². The molecule has 0 N–H and O–H groups in total. The molecule has 0 radical (unpaired) electrons. The summed E-state index contributed by atoms with van der Waals surface area (Å²) in [6.45, 7) is 4.52. The molecule has 5 nitrogen and oxygen atoms in total. The van der Waals surface area contributed by atoms with Crippen LogP contribution in [-0.2, 0) is 6.61 Å². The van der Waals surface area contributed by atoms with E-state index in [0.29, 0.717) is 18.8 Å². The van der Waals surface area contributed by atoms with Gasteiger partial charge in [0, 0.05) is 24.2 Å². The van der Waals surface area contributed by atoms with Crippen LogP contribution in [0.2, 0.25) is 0 Å². The van der Waals surface area contributed by atoms with E-state index in [0.717, 1.165) is 48.7 Å². The highest BCUT2D eigenvalue weighted by Crippen LogP contribution is 2.25. The van der Waals surface area contributed by atoms with Crippen molar-refractivity contribution in [1.29, 1.82) is 0 Å². The van der Waals surface area contributed by atoms with E-state index in [1.165, 1.54) is 6.42 Å². The van der Waals surface area contributed by atoms with Gasteiger partial charge in [-0.2, -0.15) is 0 Å². The number of piperidine rings is 1. The Hall–Kier alpha value is -2.69. The Balaban J connectivity index is 1.75. The van der Waals surface area contributed by atoms with Crippen LogP contribution in [0.4, 0.5) is 0 Å². The van der Waals surface area contributed by atoms with Gasteiger partial charge in [-0.25, -0.2) is 0 Å². The molecule has 0 atom stereocenters. The molecule has 0 aliphatic carbocycles. The Morgan fingerprint density at radius 2 is 1.67 bits per heavy atom. The third kappa shape index (κ3) is 4.94. The second kappa shape index (κ2) is 9.31. The molecule has 144 valence electrons. The summed E-state index contributed by atoms with van der Waals surface area (Å²) in [4.78, 5) is 14.7. The number of carbonyl (C=O) groups excluding carboxylic acids is 1. The van der Waals surface area contributed by atoms with E-state index >= 15 is 0 Å². The molecule has 1 fully saturated rings. The zero-order chi connectivity index (χ0) is 19.1. The second-order valence-electron chi connectivity index (χ2n) is 6.57. The zero-order valence-corrected chi connectivity index (χ0v) is 16.1. The fraction of sp³-hybridized carbons (Fsp3) is 0.409. The van der Waals surface area contributed by atoms with Gasteiger partial charge >= 0.3 is 0 Å². The molecule has 1 saturated heterocycles. The third-order valence-electron chi connectivity index (χ3n) is 4.70. The SMILES string of the molecule is CCOc1ccc(C(=O)N2CCCCC2)cc1COc1ccc(OC)cc1. The molecule has 0 bridgehead atoms. The first kappa shape index (κ1) is 19.1. The summed E-state index contributed by atoms with van der Waals surface area (Å²) >= 11 is 0. The van der Waals surface area contributed by atoms with Crippen LogP contribution in [0, 0.1) is 0 Å². The first-order valence-corrected chi connectivity index (χ1v) is 9.53.